The Bertz CT molecular complexity index is 474. The fourth-order valence-corrected chi connectivity index (χ4v) is 1.64. The van der Waals surface area contributed by atoms with Crippen molar-refractivity contribution in [1.29, 1.82) is 0 Å². The van der Waals surface area contributed by atoms with Crippen LogP contribution in [0.3, 0.4) is 0 Å². The van der Waals surface area contributed by atoms with Gasteiger partial charge in [-0.2, -0.15) is 0 Å². The Labute approximate surface area is 101 Å². The summed E-state index contributed by atoms with van der Waals surface area (Å²) in [6, 6.07) is 10.2. The molecule has 0 amide bonds. The van der Waals surface area contributed by atoms with Crippen molar-refractivity contribution in [3.8, 4) is 11.3 Å². The Hall–Kier alpha value is -1.81. The highest BCUT2D eigenvalue weighted by atomic mass is 16.5. The first-order valence-corrected chi connectivity index (χ1v) is 5.58. The number of benzene rings is 1. The molecule has 1 aromatic carbocycles. The topological polar surface area (TPSA) is 41.3 Å². The van der Waals surface area contributed by atoms with Crippen molar-refractivity contribution in [2.75, 3.05) is 26.0 Å². The van der Waals surface area contributed by atoms with E-state index >= 15 is 0 Å². The van der Waals surface area contributed by atoms with Gasteiger partial charge in [0.2, 0.25) is 0 Å². The van der Waals surface area contributed by atoms with E-state index in [2.05, 4.69) is 27.5 Å². The van der Waals surface area contributed by atoms with Gasteiger partial charge in [0.25, 0.3) is 0 Å². The molecule has 0 fully saturated rings. The van der Waals surface area contributed by atoms with Crippen LogP contribution in [0.2, 0.25) is 0 Å². The first-order valence-electron chi connectivity index (χ1n) is 5.58. The van der Waals surface area contributed by atoms with Crippen LogP contribution in [0.4, 0.5) is 5.69 Å². The Kier molecular flexibility index (Phi) is 3.44. The number of nitrogens with zero attached hydrogens (tertiary/aromatic N) is 2. The Morgan fingerprint density at radius 1 is 1.24 bits per heavy atom. The molecule has 0 unspecified atom stereocenters. The number of aromatic nitrogens is 1. The van der Waals surface area contributed by atoms with Crippen molar-refractivity contribution in [3.63, 3.8) is 0 Å². The minimum Gasteiger partial charge on any atom is -0.378 e. The molecule has 4 heteroatoms. The molecule has 0 aliphatic rings. The van der Waals surface area contributed by atoms with Crippen LogP contribution in [0.25, 0.3) is 11.3 Å². The lowest BCUT2D eigenvalue weighted by Crippen LogP contribution is -2.07. The molecule has 1 N–H and O–H groups in total. The summed E-state index contributed by atoms with van der Waals surface area (Å²) in [7, 11) is 5.93. The molecule has 4 nitrogen and oxygen atoms in total. The van der Waals surface area contributed by atoms with E-state index in [4.69, 9.17) is 4.52 Å². The first kappa shape index (κ1) is 11.7. The third-order valence-electron chi connectivity index (χ3n) is 2.59. The monoisotopic (exact) mass is 231 g/mol. The lowest BCUT2D eigenvalue weighted by molar-refractivity contribution is 0.421. The highest BCUT2D eigenvalue weighted by Crippen LogP contribution is 2.23. The lowest BCUT2D eigenvalue weighted by Gasteiger charge is -2.11. The van der Waals surface area contributed by atoms with Crippen molar-refractivity contribution in [1.82, 2.24) is 10.5 Å². The van der Waals surface area contributed by atoms with Gasteiger partial charge < -0.3 is 14.7 Å². The fraction of sp³-hybridized carbons (Fsp3) is 0.308. The molecule has 0 spiro atoms. The Balaban J connectivity index is 2.21. The van der Waals surface area contributed by atoms with E-state index in [9.17, 15) is 0 Å². The van der Waals surface area contributed by atoms with E-state index in [1.54, 1.807) is 0 Å². The zero-order valence-corrected chi connectivity index (χ0v) is 10.4. The van der Waals surface area contributed by atoms with Crippen molar-refractivity contribution in [2.24, 2.45) is 0 Å². The normalized spacial score (nSPS) is 10.5. The van der Waals surface area contributed by atoms with Crippen LogP contribution in [-0.4, -0.2) is 26.3 Å². The average Bonchev–Trinajstić information content (AvgIpc) is 2.78. The van der Waals surface area contributed by atoms with Crippen LogP contribution in [0.1, 0.15) is 5.69 Å². The summed E-state index contributed by atoms with van der Waals surface area (Å²) in [5, 5.41) is 7.04. The summed E-state index contributed by atoms with van der Waals surface area (Å²) in [5.74, 6) is 0.806. The molecular weight excluding hydrogens is 214 g/mol. The van der Waals surface area contributed by atoms with Gasteiger partial charge in [0.15, 0.2) is 5.76 Å². The maximum atomic E-state index is 5.30. The second-order valence-electron chi connectivity index (χ2n) is 4.15. The molecule has 2 aromatic rings. The number of rotatable bonds is 4. The maximum absolute atomic E-state index is 5.30. The summed E-state index contributed by atoms with van der Waals surface area (Å²) in [5.41, 5.74) is 3.13. The molecule has 0 aliphatic carbocycles. The van der Waals surface area contributed by atoms with Crippen LogP contribution in [0, 0.1) is 0 Å². The predicted octanol–water partition coefficient (Wildman–Crippen LogP) is 2.13. The average molecular weight is 231 g/mol. The first-order chi connectivity index (χ1) is 8.20. The predicted molar refractivity (Wildman–Crippen MR) is 69.0 cm³/mol. The van der Waals surface area contributed by atoms with Gasteiger partial charge in [-0.05, 0) is 31.3 Å². The second-order valence-corrected chi connectivity index (χ2v) is 4.15. The van der Waals surface area contributed by atoms with Gasteiger partial charge in [-0.15, -0.1) is 0 Å². The largest absolute Gasteiger partial charge is 0.378 e. The number of hydrogen-bond acceptors (Lipinski definition) is 4. The zero-order valence-electron chi connectivity index (χ0n) is 10.4. The molecule has 0 radical (unpaired) electrons. The van der Waals surface area contributed by atoms with Crippen LogP contribution in [0.15, 0.2) is 34.9 Å². The van der Waals surface area contributed by atoms with E-state index < -0.39 is 0 Å². The molecule has 0 atom stereocenters. The fourth-order valence-electron chi connectivity index (χ4n) is 1.64. The minimum atomic E-state index is 0.722. The number of hydrogen-bond donors (Lipinski definition) is 1. The van der Waals surface area contributed by atoms with E-state index in [0.717, 1.165) is 23.6 Å². The molecule has 2 rings (SSSR count). The smallest absolute Gasteiger partial charge is 0.167 e. The van der Waals surface area contributed by atoms with Crippen molar-refractivity contribution in [3.05, 3.63) is 36.0 Å². The number of anilines is 1. The summed E-state index contributed by atoms with van der Waals surface area (Å²) < 4.78 is 5.30. The van der Waals surface area contributed by atoms with Gasteiger partial charge in [0.1, 0.15) is 0 Å². The van der Waals surface area contributed by atoms with Gasteiger partial charge in [0, 0.05) is 38.0 Å². The summed E-state index contributed by atoms with van der Waals surface area (Å²) >= 11 is 0. The van der Waals surface area contributed by atoms with Crippen molar-refractivity contribution < 1.29 is 4.52 Å². The highest BCUT2D eigenvalue weighted by molar-refractivity contribution is 5.61. The SMILES string of the molecule is CNCc1cc(-c2ccc(N(C)C)cc2)on1. The standard InChI is InChI=1S/C13H17N3O/c1-14-9-11-8-13(17-15-11)10-4-6-12(7-5-10)16(2)3/h4-8,14H,9H2,1-3H3. The quantitative estimate of drug-likeness (QED) is 0.875. The molecule has 0 aliphatic heterocycles. The molecule has 17 heavy (non-hydrogen) atoms. The second kappa shape index (κ2) is 5.01. The van der Waals surface area contributed by atoms with Crippen molar-refractivity contribution in [2.45, 2.75) is 6.54 Å². The summed E-state index contributed by atoms with van der Waals surface area (Å²) in [6.07, 6.45) is 0. The lowest BCUT2D eigenvalue weighted by atomic mass is 10.1. The van der Waals surface area contributed by atoms with Crippen LogP contribution in [-0.2, 0) is 6.54 Å². The molecule has 1 heterocycles. The minimum absolute atomic E-state index is 0.722. The summed E-state index contributed by atoms with van der Waals surface area (Å²) in [4.78, 5) is 2.07. The zero-order chi connectivity index (χ0) is 12.3. The Morgan fingerprint density at radius 3 is 2.53 bits per heavy atom. The molecule has 0 saturated heterocycles. The molecule has 1 aromatic heterocycles. The van der Waals surface area contributed by atoms with Crippen LogP contribution >= 0.6 is 0 Å². The Morgan fingerprint density at radius 2 is 1.94 bits per heavy atom. The van der Waals surface area contributed by atoms with E-state index in [1.807, 2.05) is 39.3 Å². The van der Waals surface area contributed by atoms with E-state index in [0.29, 0.717) is 0 Å². The third kappa shape index (κ3) is 2.65. The molecule has 90 valence electrons. The molecule has 0 saturated carbocycles. The van der Waals surface area contributed by atoms with Gasteiger partial charge in [0.05, 0.1) is 5.69 Å². The van der Waals surface area contributed by atoms with Gasteiger partial charge in [-0.1, -0.05) is 5.16 Å². The summed E-state index contributed by atoms with van der Waals surface area (Å²) in [6.45, 7) is 0.722. The highest BCUT2D eigenvalue weighted by Gasteiger charge is 2.06. The number of nitrogens with one attached hydrogen (secondary N) is 1. The van der Waals surface area contributed by atoms with E-state index in [1.165, 1.54) is 5.69 Å². The van der Waals surface area contributed by atoms with Crippen LogP contribution < -0.4 is 10.2 Å². The maximum Gasteiger partial charge on any atom is 0.167 e. The van der Waals surface area contributed by atoms with Gasteiger partial charge >= 0.3 is 0 Å². The van der Waals surface area contributed by atoms with Gasteiger partial charge in [-0.3, -0.25) is 0 Å². The van der Waals surface area contributed by atoms with E-state index in [-0.39, 0.29) is 0 Å². The molecule has 0 bridgehead atoms. The van der Waals surface area contributed by atoms with Crippen molar-refractivity contribution >= 4 is 5.69 Å². The van der Waals surface area contributed by atoms with Crippen LogP contribution in [0.5, 0.6) is 0 Å². The third-order valence-corrected chi connectivity index (χ3v) is 2.59. The molecular formula is C13H17N3O. The van der Waals surface area contributed by atoms with Gasteiger partial charge in [-0.25, -0.2) is 0 Å².